The van der Waals surface area contributed by atoms with Gasteiger partial charge in [-0.15, -0.1) is 0 Å². The van der Waals surface area contributed by atoms with Gasteiger partial charge in [-0.1, -0.05) is 36.4 Å². The van der Waals surface area contributed by atoms with Crippen LogP contribution < -0.4 is 15.4 Å². The van der Waals surface area contributed by atoms with Crippen molar-refractivity contribution in [3.8, 4) is 5.75 Å². The highest BCUT2D eigenvalue weighted by atomic mass is 16.5. The van der Waals surface area contributed by atoms with E-state index in [2.05, 4.69) is 10.6 Å². The van der Waals surface area contributed by atoms with Crippen molar-refractivity contribution in [2.75, 3.05) is 11.9 Å². The van der Waals surface area contributed by atoms with Crippen LogP contribution in [0.25, 0.3) is 10.8 Å². The molecule has 0 bridgehead atoms. The van der Waals surface area contributed by atoms with Crippen molar-refractivity contribution in [2.45, 2.75) is 26.3 Å². The number of rotatable bonds is 5. The Bertz CT molecular complexity index is 1010. The largest absolute Gasteiger partial charge is 0.484 e. The third-order valence-electron chi connectivity index (χ3n) is 3.99. The lowest BCUT2D eigenvalue weighted by atomic mass is 10.1. The molecule has 144 valence electrons. The number of anilines is 1. The van der Waals surface area contributed by atoms with Crippen LogP contribution in [0.4, 0.5) is 5.69 Å². The van der Waals surface area contributed by atoms with Crippen LogP contribution in [0.15, 0.2) is 66.7 Å². The molecule has 0 aliphatic carbocycles. The zero-order chi connectivity index (χ0) is 20.1. The number of carbonyl (C=O) groups is 2. The first-order chi connectivity index (χ1) is 13.3. The number of ether oxygens (including phenoxy) is 1. The van der Waals surface area contributed by atoms with E-state index < -0.39 is 0 Å². The van der Waals surface area contributed by atoms with Crippen LogP contribution in [0, 0.1) is 0 Å². The van der Waals surface area contributed by atoms with Gasteiger partial charge < -0.3 is 15.4 Å². The lowest BCUT2D eigenvalue weighted by Gasteiger charge is -2.20. The van der Waals surface area contributed by atoms with Gasteiger partial charge in [0.05, 0.1) is 0 Å². The summed E-state index contributed by atoms with van der Waals surface area (Å²) in [6.45, 7) is 5.64. The first-order valence-corrected chi connectivity index (χ1v) is 9.14. The summed E-state index contributed by atoms with van der Waals surface area (Å²) in [6, 6.07) is 20.5. The standard InChI is InChI=1S/C23H24N2O3/c1-23(2,3)25-22(27)18-9-6-10-19(13-18)24-21(26)15-28-20-12-11-16-7-4-5-8-17(16)14-20/h4-14H,15H2,1-3H3,(H,24,26)(H,25,27). The van der Waals surface area contributed by atoms with Crippen LogP contribution in [0.1, 0.15) is 31.1 Å². The summed E-state index contributed by atoms with van der Waals surface area (Å²) in [5.74, 6) is 0.157. The molecule has 28 heavy (non-hydrogen) atoms. The van der Waals surface area contributed by atoms with E-state index >= 15 is 0 Å². The fourth-order valence-corrected chi connectivity index (χ4v) is 2.75. The maximum atomic E-state index is 12.3. The molecule has 2 amide bonds. The number of benzene rings is 3. The molecule has 0 aromatic heterocycles. The molecule has 0 unspecified atom stereocenters. The maximum absolute atomic E-state index is 12.3. The third kappa shape index (κ3) is 5.33. The second-order valence-corrected chi connectivity index (χ2v) is 7.63. The van der Waals surface area contributed by atoms with Gasteiger partial charge in [-0.3, -0.25) is 9.59 Å². The van der Waals surface area contributed by atoms with Crippen molar-refractivity contribution in [1.82, 2.24) is 5.32 Å². The minimum Gasteiger partial charge on any atom is -0.484 e. The van der Waals surface area contributed by atoms with Crippen LogP contribution in [0.5, 0.6) is 5.75 Å². The average Bonchev–Trinajstić information content (AvgIpc) is 2.65. The van der Waals surface area contributed by atoms with Crippen LogP contribution in [0.2, 0.25) is 0 Å². The highest BCUT2D eigenvalue weighted by molar-refractivity contribution is 5.97. The predicted octanol–water partition coefficient (Wildman–Crippen LogP) is 4.39. The van der Waals surface area contributed by atoms with Crippen LogP contribution >= 0.6 is 0 Å². The maximum Gasteiger partial charge on any atom is 0.262 e. The normalized spacial score (nSPS) is 11.1. The van der Waals surface area contributed by atoms with Gasteiger partial charge in [-0.25, -0.2) is 0 Å². The molecule has 0 saturated carbocycles. The predicted molar refractivity (Wildman–Crippen MR) is 112 cm³/mol. The van der Waals surface area contributed by atoms with Crippen LogP contribution in [0.3, 0.4) is 0 Å². The van der Waals surface area contributed by atoms with Crippen molar-refractivity contribution in [3.05, 3.63) is 72.3 Å². The summed E-state index contributed by atoms with van der Waals surface area (Å²) in [4.78, 5) is 24.5. The molecule has 2 N–H and O–H groups in total. The molecule has 0 saturated heterocycles. The second-order valence-electron chi connectivity index (χ2n) is 7.63. The molecule has 5 nitrogen and oxygen atoms in total. The summed E-state index contributed by atoms with van der Waals surface area (Å²) in [6.07, 6.45) is 0. The van der Waals surface area contributed by atoms with Gasteiger partial charge in [-0.2, -0.15) is 0 Å². The van der Waals surface area contributed by atoms with E-state index in [4.69, 9.17) is 4.74 Å². The van der Waals surface area contributed by atoms with Crippen molar-refractivity contribution in [3.63, 3.8) is 0 Å². The SMILES string of the molecule is CC(C)(C)NC(=O)c1cccc(NC(=O)COc2ccc3ccccc3c2)c1. The lowest BCUT2D eigenvalue weighted by molar-refractivity contribution is -0.118. The van der Waals surface area contributed by atoms with Gasteiger partial charge in [0.1, 0.15) is 5.75 Å². The molecule has 0 aliphatic rings. The van der Waals surface area contributed by atoms with Crippen molar-refractivity contribution in [1.29, 1.82) is 0 Å². The van der Waals surface area contributed by atoms with Crippen LogP contribution in [-0.4, -0.2) is 24.0 Å². The Morgan fingerprint density at radius 2 is 1.64 bits per heavy atom. The Balaban J connectivity index is 1.59. The molecule has 0 fully saturated rings. The molecule has 0 atom stereocenters. The second kappa shape index (κ2) is 8.13. The Labute approximate surface area is 164 Å². The minimum atomic E-state index is -0.329. The zero-order valence-electron chi connectivity index (χ0n) is 16.3. The fraction of sp³-hybridized carbons (Fsp3) is 0.217. The van der Waals surface area contributed by atoms with E-state index in [1.165, 1.54) is 0 Å². The monoisotopic (exact) mass is 376 g/mol. The van der Waals surface area contributed by atoms with E-state index in [0.29, 0.717) is 17.0 Å². The third-order valence-corrected chi connectivity index (χ3v) is 3.99. The summed E-state index contributed by atoms with van der Waals surface area (Å²) in [5, 5.41) is 7.83. The number of hydrogen-bond acceptors (Lipinski definition) is 3. The number of hydrogen-bond donors (Lipinski definition) is 2. The number of fused-ring (bicyclic) bond motifs is 1. The molecule has 3 aromatic carbocycles. The first-order valence-electron chi connectivity index (χ1n) is 9.14. The average molecular weight is 376 g/mol. The molecule has 3 aromatic rings. The van der Waals surface area contributed by atoms with Gasteiger partial charge in [-0.05, 0) is 61.9 Å². The molecule has 0 aliphatic heterocycles. The van der Waals surface area contributed by atoms with Gasteiger partial charge in [0.2, 0.25) is 0 Å². The Morgan fingerprint density at radius 1 is 0.893 bits per heavy atom. The zero-order valence-corrected chi connectivity index (χ0v) is 16.3. The molecule has 5 heteroatoms. The van der Waals surface area contributed by atoms with Crippen LogP contribution in [-0.2, 0) is 4.79 Å². The molecule has 3 rings (SSSR count). The van der Waals surface area contributed by atoms with Gasteiger partial charge in [0, 0.05) is 16.8 Å². The van der Waals surface area contributed by atoms with Crippen molar-refractivity contribution in [2.24, 2.45) is 0 Å². The Morgan fingerprint density at radius 3 is 2.39 bits per heavy atom. The molecular weight excluding hydrogens is 352 g/mol. The van der Waals surface area contributed by atoms with Crippen molar-refractivity contribution < 1.29 is 14.3 Å². The highest BCUT2D eigenvalue weighted by Crippen LogP contribution is 2.20. The Kier molecular flexibility index (Phi) is 5.64. The molecule has 0 radical (unpaired) electrons. The van der Waals surface area contributed by atoms with Gasteiger partial charge >= 0.3 is 0 Å². The minimum absolute atomic E-state index is 0.114. The number of nitrogens with one attached hydrogen (secondary N) is 2. The first kappa shape index (κ1) is 19.4. The number of amides is 2. The molecule has 0 spiro atoms. The van der Waals surface area contributed by atoms with E-state index in [1.54, 1.807) is 24.3 Å². The molecular formula is C23H24N2O3. The lowest BCUT2D eigenvalue weighted by Crippen LogP contribution is -2.40. The summed E-state index contributed by atoms with van der Waals surface area (Å²) < 4.78 is 5.60. The van der Waals surface area contributed by atoms with Gasteiger partial charge in [0.15, 0.2) is 6.61 Å². The smallest absolute Gasteiger partial charge is 0.262 e. The summed E-state index contributed by atoms with van der Waals surface area (Å²) >= 11 is 0. The fourth-order valence-electron chi connectivity index (χ4n) is 2.75. The van der Waals surface area contributed by atoms with Gasteiger partial charge in [0.25, 0.3) is 11.8 Å². The van der Waals surface area contributed by atoms with Crippen molar-refractivity contribution >= 4 is 28.3 Å². The van der Waals surface area contributed by atoms with E-state index in [1.807, 2.05) is 63.2 Å². The summed E-state index contributed by atoms with van der Waals surface area (Å²) in [5.41, 5.74) is 0.709. The summed E-state index contributed by atoms with van der Waals surface area (Å²) in [7, 11) is 0. The quantitative estimate of drug-likeness (QED) is 0.694. The van der Waals surface area contributed by atoms with E-state index in [9.17, 15) is 9.59 Å². The topological polar surface area (TPSA) is 67.4 Å². The van der Waals surface area contributed by atoms with E-state index in [-0.39, 0.29) is 24.0 Å². The number of carbonyl (C=O) groups excluding carboxylic acids is 2. The van der Waals surface area contributed by atoms with E-state index in [0.717, 1.165) is 10.8 Å². The molecule has 0 heterocycles. The highest BCUT2D eigenvalue weighted by Gasteiger charge is 2.15. The Hall–Kier alpha value is -3.34.